The molecule has 90 valence electrons. The minimum atomic E-state index is 0.444. The van der Waals surface area contributed by atoms with Crippen LogP contribution in [0.1, 0.15) is 18.2 Å². The van der Waals surface area contributed by atoms with Gasteiger partial charge in [0.2, 0.25) is 0 Å². The van der Waals surface area contributed by atoms with Gasteiger partial charge in [0.15, 0.2) is 0 Å². The monoisotopic (exact) mass is 293 g/mol. The summed E-state index contributed by atoms with van der Waals surface area (Å²) in [6.45, 7) is 3.02. The molecule has 1 atom stereocenters. The van der Waals surface area contributed by atoms with E-state index in [1.807, 2.05) is 6.07 Å². The van der Waals surface area contributed by atoms with E-state index in [0.29, 0.717) is 6.04 Å². The molecule has 0 radical (unpaired) electrons. The van der Waals surface area contributed by atoms with Gasteiger partial charge in [-0.05, 0) is 37.1 Å². The normalized spacial score (nSPS) is 12.6. The molecule has 0 spiro atoms. The number of hydrogen-bond acceptors (Lipinski definition) is 2. The predicted octanol–water partition coefficient (Wildman–Crippen LogP) is 2.89. The Bertz CT molecular complexity index is 436. The fraction of sp³-hybridized carbons (Fsp3) is 0.308. The number of aromatic nitrogens is 2. The first-order valence-corrected chi connectivity index (χ1v) is 6.49. The molecule has 0 aliphatic carbocycles. The van der Waals surface area contributed by atoms with Crippen LogP contribution in [-0.4, -0.2) is 16.2 Å². The highest BCUT2D eigenvalue weighted by molar-refractivity contribution is 9.10. The fourth-order valence-corrected chi connectivity index (χ4v) is 1.98. The molecule has 17 heavy (non-hydrogen) atoms. The number of benzene rings is 1. The van der Waals surface area contributed by atoms with Crippen LogP contribution < -0.4 is 5.32 Å². The summed E-state index contributed by atoms with van der Waals surface area (Å²) in [6, 6.07) is 10.9. The number of nitrogens with one attached hydrogen (secondary N) is 2. The second kappa shape index (κ2) is 5.98. The van der Waals surface area contributed by atoms with E-state index in [4.69, 9.17) is 0 Å². The smallest absolute Gasteiger partial charge is 0.0490 e. The molecule has 3 nitrogen and oxygen atoms in total. The highest BCUT2D eigenvalue weighted by Crippen LogP contribution is 2.11. The number of rotatable bonds is 5. The van der Waals surface area contributed by atoms with E-state index in [9.17, 15) is 0 Å². The van der Waals surface area contributed by atoms with Crippen molar-refractivity contribution < 1.29 is 0 Å². The Morgan fingerprint density at radius 1 is 1.29 bits per heavy atom. The first-order chi connectivity index (χ1) is 8.24. The molecule has 1 unspecified atom stereocenters. The summed E-state index contributed by atoms with van der Waals surface area (Å²) in [6.07, 6.45) is 2.80. The molecule has 0 aliphatic heterocycles. The molecule has 2 N–H and O–H groups in total. The van der Waals surface area contributed by atoms with E-state index in [1.54, 1.807) is 6.20 Å². The third kappa shape index (κ3) is 3.98. The molecule has 0 saturated carbocycles. The molecule has 2 rings (SSSR count). The van der Waals surface area contributed by atoms with Crippen molar-refractivity contribution in [3.63, 3.8) is 0 Å². The predicted molar refractivity (Wildman–Crippen MR) is 72.7 cm³/mol. The Kier molecular flexibility index (Phi) is 4.34. The number of halogens is 1. The van der Waals surface area contributed by atoms with Crippen LogP contribution in [0.15, 0.2) is 41.0 Å². The van der Waals surface area contributed by atoms with Crippen molar-refractivity contribution in [2.45, 2.75) is 25.9 Å². The topological polar surface area (TPSA) is 40.7 Å². The van der Waals surface area contributed by atoms with E-state index < -0.39 is 0 Å². The van der Waals surface area contributed by atoms with Crippen LogP contribution in [0.3, 0.4) is 0 Å². The van der Waals surface area contributed by atoms with Gasteiger partial charge in [0.05, 0.1) is 0 Å². The zero-order valence-corrected chi connectivity index (χ0v) is 11.4. The van der Waals surface area contributed by atoms with Gasteiger partial charge < -0.3 is 5.32 Å². The van der Waals surface area contributed by atoms with Crippen LogP contribution in [0.5, 0.6) is 0 Å². The van der Waals surface area contributed by atoms with Gasteiger partial charge in [-0.25, -0.2) is 0 Å². The maximum Gasteiger partial charge on any atom is 0.0490 e. The Morgan fingerprint density at radius 2 is 2.06 bits per heavy atom. The van der Waals surface area contributed by atoms with Gasteiger partial charge in [-0.2, -0.15) is 5.10 Å². The summed E-state index contributed by atoms with van der Waals surface area (Å²) < 4.78 is 1.12. The first kappa shape index (κ1) is 12.3. The van der Waals surface area contributed by atoms with Crippen molar-refractivity contribution in [1.29, 1.82) is 0 Å². The van der Waals surface area contributed by atoms with E-state index >= 15 is 0 Å². The fourth-order valence-electron chi connectivity index (χ4n) is 1.71. The van der Waals surface area contributed by atoms with Gasteiger partial charge in [0, 0.05) is 29.0 Å². The lowest BCUT2D eigenvalue weighted by Gasteiger charge is -2.13. The van der Waals surface area contributed by atoms with Crippen LogP contribution in [0.25, 0.3) is 0 Å². The second-order valence-electron chi connectivity index (χ2n) is 4.19. The number of H-pyrrole nitrogens is 1. The molecule has 0 fully saturated rings. The van der Waals surface area contributed by atoms with Gasteiger partial charge in [-0.3, -0.25) is 5.10 Å². The Balaban J connectivity index is 1.80. The standard InChI is InChI=1S/C13H16BrN3/c1-10(15-9-13-6-7-16-17-13)8-11-2-4-12(14)5-3-11/h2-7,10,15H,8-9H2,1H3,(H,16,17). The molecule has 0 aliphatic rings. The van der Waals surface area contributed by atoms with Crippen LogP contribution >= 0.6 is 15.9 Å². The average molecular weight is 294 g/mol. The minimum Gasteiger partial charge on any atom is -0.308 e. The van der Waals surface area contributed by atoms with Gasteiger partial charge >= 0.3 is 0 Å². The van der Waals surface area contributed by atoms with Crippen molar-refractivity contribution in [3.8, 4) is 0 Å². The third-order valence-corrected chi connectivity index (χ3v) is 3.18. The summed E-state index contributed by atoms with van der Waals surface area (Å²) in [5.74, 6) is 0. The van der Waals surface area contributed by atoms with Crippen LogP contribution in [0.4, 0.5) is 0 Å². The van der Waals surface area contributed by atoms with Crippen molar-refractivity contribution in [2.75, 3.05) is 0 Å². The van der Waals surface area contributed by atoms with Crippen molar-refractivity contribution in [3.05, 3.63) is 52.3 Å². The zero-order valence-electron chi connectivity index (χ0n) is 9.78. The van der Waals surface area contributed by atoms with E-state index in [2.05, 4.69) is 62.6 Å². The maximum absolute atomic E-state index is 3.92. The molecule has 1 aromatic heterocycles. The number of aromatic amines is 1. The molecule has 1 heterocycles. The SMILES string of the molecule is CC(Cc1ccc(Br)cc1)NCc1ccn[nH]1. The van der Waals surface area contributed by atoms with E-state index in [-0.39, 0.29) is 0 Å². The molecular formula is C13H16BrN3. The van der Waals surface area contributed by atoms with E-state index in [1.165, 1.54) is 5.56 Å². The molecule has 0 saturated heterocycles. The molecule has 4 heteroatoms. The summed E-state index contributed by atoms with van der Waals surface area (Å²) in [4.78, 5) is 0. The van der Waals surface area contributed by atoms with E-state index in [0.717, 1.165) is 23.1 Å². The van der Waals surface area contributed by atoms with Crippen molar-refractivity contribution in [2.24, 2.45) is 0 Å². The van der Waals surface area contributed by atoms with Gasteiger partial charge in [-0.1, -0.05) is 28.1 Å². The summed E-state index contributed by atoms with van der Waals surface area (Å²) in [7, 11) is 0. The molecule has 0 bridgehead atoms. The first-order valence-electron chi connectivity index (χ1n) is 5.70. The molecule has 2 aromatic rings. The second-order valence-corrected chi connectivity index (χ2v) is 5.11. The third-order valence-electron chi connectivity index (χ3n) is 2.65. The summed E-state index contributed by atoms with van der Waals surface area (Å²) in [5.41, 5.74) is 2.46. The van der Waals surface area contributed by atoms with Crippen LogP contribution in [0.2, 0.25) is 0 Å². The highest BCUT2D eigenvalue weighted by Gasteiger charge is 2.03. The Hall–Kier alpha value is -1.13. The minimum absolute atomic E-state index is 0.444. The van der Waals surface area contributed by atoms with Gasteiger partial charge in [0.25, 0.3) is 0 Å². The van der Waals surface area contributed by atoms with Crippen molar-refractivity contribution in [1.82, 2.24) is 15.5 Å². The lowest BCUT2D eigenvalue weighted by molar-refractivity contribution is 0.539. The Morgan fingerprint density at radius 3 is 2.71 bits per heavy atom. The van der Waals surface area contributed by atoms with Crippen molar-refractivity contribution >= 4 is 15.9 Å². The molecule has 0 amide bonds. The number of nitrogens with zero attached hydrogens (tertiary/aromatic N) is 1. The largest absolute Gasteiger partial charge is 0.308 e. The quantitative estimate of drug-likeness (QED) is 0.890. The lowest BCUT2D eigenvalue weighted by Crippen LogP contribution is -2.27. The van der Waals surface area contributed by atoms with Gasteiger partial charge in [0.1, 0.15) is 0 Å². The van der Waals surface area contributed by atoms with Gasteiger partial charge in [-0.15, -0.1) is 0 Å². The molecular weight excluding hydrogens is 278 g/mol. The zero-order chi connectivity index (χ0) is 12.1. The van der Waals surface area contributed by atoms with Crippen LogP contribution in [-0.2, 0) is 13.0 Å². The lowest BCUT2D eigenvalue weighted by atomic mass is 10.1. The molecule has 1 aromatic carbocycles. The maximum atomic E-state index is 3.92. The number of hydrogen-bond donors (Lipinski definition) is 2. The summed E-state index contributed by atoms with van der Waals surface area (Å²) >= 11 is 3.44. The summed E-state index contributed by atoms with van der Waals surface area (Å²) in [5, 5.41) is 10.3. The highest BCUT2D eigenvalue weighted by atomic mass is 79.9. The average Bonchev–Trinajstić information content (AvgIpc) is 2.83. The Labute approximate surface area is 110 Å². The van der Waals surface area contributed by atoms with Crippen LogP contribution in [0, 0.1) is 0 Å².